The van der Waals surface area contributed by atoms with Crippen molar-refractivity contribution in [1.29, 1.82) is 0 Å². The maximum absolute atomic E-state index is 11.8. The lowest BCUT2D eigenvalue weighted by Crippen LogP contribution is -2.11. The number of hydrogen-bond donors (Lipinski definition) is 1. The second-order valence-corrected chi connectivity index (χ2v) is 5.64. The van der Waals surface area contributed by atoms with Gasteiger partial charge in [-0.3, -0.25) is 9.20 Å². The molecule has 132 valence electrons. The fourth-order valence-electron chi connectivity index (χ4n) is 2.47. The molecule has 0 spiro atoms. The minimum absolute atomic E-state index is 0.0769. The van der Waals surface area contributed by atoms with Gasteiger partial charge in [0, 0.05) is 0 Å². The molecule has 3 heterocycles. The standard InChI is InChI=1S/C15H12ClN7O3/c1-2-25-11(24)7-10-19-20-14-12(17-9-6-4-3-5-8(9)16)18-13-15(23(10)14)22-26-21-13/h3-6H,2,7H2,1H3,(H,17,18,21). The Kier molecular flexibility index (Phi) is 4.09. The molecule has 0 bridgehead atoms. The molecule has 26 heavy (non-hydrogen) atoms. The van der Waals surface area contributed by atoms with Gasteiger partial charge in [-0.1, -0.05) is 23.7 Å². The SMILES string of the molecule is CCOC(=O)Cc1nnc2c(Nc3ccccc3Cl)nc3nonc3n12. The summed E-state index contributed by atoms with van der Waals surface area (Å²) in [6, 6.07) is 7.18. The van der Waals surface area contributed by atoms with Gasteiger partial charge in [-0.15, -0.1) is 10.2 Å². The van der Waals surface area contributed by atoms with Gasteiger partial charge in [0.05, 0.1) is 17.3 Å². The first-order valence-electron chi connectivity index (χ1n) is 7.71. The lowest BCUT2D eigenvalue weighted by Gasteiger charge is -2.08. The predicted molar refractivity (Wildman–Crippen MR) is 91.2 cm³/mol. The van der Waals surface area contributed by atoms with Gasteiger partial charge in [0.2, 0.25) is 16.9 Å². The van der Waals surface area contributed by atoms with E-state index in [4.69, 9.17) is 21.0 Å². The molecule has 0 atom stereocenters. The van der Waals surface area contributed by atoms with Crippen LogP contribution in [0.4, 0.5) is 11.5 Å². The van der Waals surface area contributed by atoms with Crippen LogP contribution in [0.5, 0.6) is 0 Å². The van der Waals surface area contributed by atoms with Gasteiger partial charge in [0.25, 0.3) is 0 Å². The highest BCUT2D eigenvalue weighted by Crippen LogP contribution is 2.27. The summed E-state index contributed by atoms with van der Waals surface area (Å²) in [4.78, 5) is 16.2. The number of aromatic nitrogens is 6. The fraction of sp³-hybridized carbons (Fsp3) is 0.200. The summed E-state index contributed by atoms with van der Waals surface area (Å²) in [6.45, 7) is 2.01. The number of esters is 1. The maximum Gasteiger partial charge on any atom is 0.313 e. The molecule has 1 aromatic carbocycles. The van der Waals surface area contributed by atoms with Gasteiger partial charge in [0.1, 0.15) is 6.42 Å². The number of nitrogens with zero attached hydrogens (tertiary/aromatic N) is 6. The van der Waals surface area contributed by atoms with Crippen LogP contribution in [-0.2, 0) is 16.0 Å². The van der Waals surface area contributed by atoms with Gasteiger partial charge >= 0.3 is 5.97 Å². The van der Waals surface area contributed by atoms with Crippen molar-refractivity contribution in [1.82, 2.24) is 29.9 Å². The summed E-state index contributed by atoms with van der Waals surface area (Å²) >= 11 is 6.19. The lowest BCUT2D eigenvalue weighted by atomic mass is 10.3. The van der Waals surface area contributed by atoms with E-state index in [1.165, 1.54) is 0 Å². The minimum Gasteiger partial charge on any atom is -0.466 e. The Morgan fingerprint density at radius 3 is 2.92 bits per heavy atom. The Hall–Kier alpha value is -3.27. The maximum atomic E-state index is 11.8. The van der Waals surface area contributed by atoms with Crippen molar-refractivity contribution < 1.29 is 14.2 Å². The van der Waals surface area contributed by atoms with Crippen LogP contribution in [0.1, 0.15) is 12.7 Å². The van der Waals surface area contributed by atoms with E-state index >= 15 is 0 Å². The Bertz CT molecular complexity index is 1110. The van der Waals surface area contributed by atoms with Crippen LogP contribution in [0.3, 0.4) is 0 Å². The number of anilines is 2. The minimum atomic E-state index is -0.427. The number of benzene rings is 1. The smallest absolute Gasteiger partial charge is 0.313 e. The molecule has 0 saturated carbocycles. The molecule has 0 fully saturated rings. The van der Waals surface area contributed by atoms with Crippen molar-refractivity contribution in [3.05, 3.63) is 35.1 Å². The van der Waals surface area contributed by atoms with Crippen LogP contribution in [0.15, 0.2) is 28.9 Å². The highest BCUT2D eigenvalue weighted by Gasteiger charge is 2.21. The van der Waals surface area contributed by atoms with Gasteiger partial charge in [-0.05, 0) is 29.4 Å². The second-order valence-electron chi connectivity index (χ2n) is 5.23. The zero-order valence-electron chi connectivity index (χ0n) is 13.5. The van der Waals surface area contributed by atoms with Crippen molar-refractivity contribution >= 4 is 46.0 Å². The van der Waals surface area contributed by atoms with Crippen LogP contribution >= 0.6 is 11.6 Å². The molecule has 0 aliphatic heterocycles. The topological polar surface area (TPSA) is 120 Å². The molecule has 0 unspecified atom stereocenters. The molecule has 0 aliphatic carbocycles. The van der Waals surface area contributed by atoms with Crippen molar-refractivity contribution in [2.45, 2.75) is 13.3 Å². The van der Waals surface area contributed by atoms with Crippen LogP contribution in [0.2, 0.25) is 5.02 Å². The molecule has 0 radical (unpaired) electrons. The molecule has 11 heteroatoms. The number of ether oxygens (including phenoxy) is 1. The summed E-state index contributed by atoms with van der Waals surface area (Å²) < 4.78 is 11.3. The predicted octanol–water partition coefficient (Wildman–Crippen LogP) is 2.16. The van der Waals surface area contributed by atoms with E-state index in [1.54, 1.807) is 23.5 Å². The van der Waals surface area contributed by atoms with Crippen molar-refractivity contribution in [2.24, 2.45) is 0 Å². The van der Waals surface area contributed by atoms with Crippen LogP contribution < -0.4 is 5.32 Å². The Morgan fingerprint density at radius 2 is 2.12 bits per heavy atom. The largest absolute Gasteiger partial charge is 0.466 e. The van der Waals surface area contributed by atoms with E-state index in [-0.39, 0.29) is 18.7 Å². The van der Waals surface area contributed by atoms with Gasteiger partial charge in [-0.2, -0.15) is 0 Å². The molecule has 4 rings (SSSR count). The molecule has 0 aliphatic rings. The number of halogens is 1. The summed E-state index contributed by atoms with van der Waals surface area (Å²) in [7, 11) is 0. The van der Waals surface area contributed by atoms with E-state index in [0.29, 0.717) is 33.6 Å². The number of para-hydroxylation sites is 1. The van der Waals surface area contributed by atoms with E-state index in [9.17, 15) is 4.79 Å². The Morgan fingerprint density at radius 1 is 1.27 bits per heavy atom. The normalized spacial score (nSPS) is 11.2. The average Bonchev–Trinajstić information content (AvgIpc) is 3.24. The van der Waals surface area contributed by atoms with E-state index in [0.717, 1.165) is 0 Å². The highest BCUT2D eigenvalue weighted by atomic mass is 35.5. The molecule has 0 amide bonds. The summed E-state index contributed by atoms with van der Waals surface area (Å²) in [5.41, 5.74) is 1.52. The second kappa shape index (κ2) is 6.56. The molecular formula is C15H12ClN7O3. The molecule has 1 N–H and O–H groups in total. The quantitative estimate of drug-likeness (QED) is 0.524. The average molecular weight is 374 g/mol. The van der Waals surface area contributed by atoms with Gasteiger partial charge in [0.15, 0.2) is 11.6 Å². The third-order valence-electron chi connectivity index (χ3n) is 3.56. The molecular weight excluding hydrogens is 362 g/mol. The third kappa shape index (κ3) is 2.80. The van der Waals surface area contributed by atoms with Crippen LogP contribution in [0, 0.1) is 0 Å². The lowest BCUT2D eigenvalue weighted by molar-refractivity contribution is -0.142. The van der Waals surface area contributed by atoms with Crippen molar-refractivity contribution in [3.63, 3.8) is 0 Å². The zero-order valence-corrected chi connectivity index (χ0v) is 14.3. The fourth-order valence-corrected chi connectivity index (χ4v) is 2.65. The van der Waals surface area contributed by atoms with E-state index in [2.05, 4.69) is 30.8 Å². The van der Waals surface area contributed by atoms with Gasteiger partial charge in [-0.25, -0.2) is 9.61 Å². The van der Waals surface area contributed by atoms with E-state index in [1.807, 2.05) is 12.1 Å². The number of carbonyl (C=O) groups is 1. The zero-order chi connectivity index (χ0) is 18.1. The number of nitrogens with one attached hydrogen (secondary N) is 1. The van der Waals surface area contributed by atoms with Crippen molar-refractivity contribution in [2.75, 3.05) is 11.9 Å². The number of fused-ring (bicyclic) bond motifs is 3. The summed E-state index contributed by atoms with van der Waals surface area (Å²) in [5.74, 6) is 0.261. The number of hydrogen-bond acceptors (Lipinski definition) is 9. The molecule has 0 saturated heterocycles. The Balaban J connectivity index is 1.84. The summed E-state index contributed by atoms with van der Waals surface area (Å²) in [6.07, 6.45) is -0.0769. The van der Waals surface area contributed by atoms with Crippen LogP contribution in [0.25, 0.3) is 16.9 Å². The monoisotopic (exact) mass is 373 g/mol. The summed E-state index contributed by atoms with van der Waals surface area (Å²) in [5, 5.41) is 19.4. The highest BCUT2D eigenvalue weighted by molar-refractivity contribution is 6.33. The molecule has 10 nitrogen and oxygen atoms in total. The van der Waals surface area contributed by atoms with E-state index < -0.39 is 5.97 Å². The van der Waals surface area contributed by atoms with Gasteiger partial charge < -0.3 is 10.1 Å². The first kappa shape index (κ1) is 16.2. The molecule has 3 aromatic heterocycles. The van der Waals surface area contributed by atoms with Crippen molar-refractivity contribution in [3.8, 4) is 0 Å². The first-order chi connectivity index (χ1) is 12.7. The first-order valence-corrected chi connectivity index (χ1v) is 8.08. The Labute approximate surface area is 151 Å². The van der Waals surface area contributed by atoms with Crippen LogP contribution in [-0.4, -0.2) is 42.5 Å². The number of carbonyl (C=O) groups excluding carboxylic acids is 1. The number of rotatable bonds is 5. The molecule has 4 aromatic rings. The third-order valence-corrected chi connectivity index (χ3v) is 3.89.